The number of halogens is 6. The van der Waals surface area contributed by atoms with Crippen LogP contribution in [0, 0.1) is 0 Å². The Bertz CT molecular complexity index is 369. The molecule has 0 rings (SSSR count). The molecule has 0 amide bonds. The van der Waals surface area contributed by atoms with Gasteiger partial charge < -0.3 is 0 Å². The Hall–Kier alpha value is 0.680. The van der Waals surface area contributed by atoms with Gasteiger partial charge in [0.1, 0.15) is 0 Å². The zero-order valence-corrected chi connectivity index (χ0v) is 18.9. The van der Waals surface area contributed by atoms with Crippen molar-refractivity contribution in [3.8, 4) is 0 Å². The van der Waals surface area contributed by atoms with Crippen molar-refractivity contribution in [3.63, 3.8) is 0 Å². The second kappa shape index (κ2) is 14.6. The lowest BCUT2D eigenvalue weighted by atomic mass is 10.1. The number of alkyl halides is 6. The van der Waals surface area contributed by atoms with Crippen molar-refractivity contribution in [2.75, 3.05) is 0 Å². The van der Waals surface area contributed by atoms with Crippen LogP contribution in [0.5, 0.6) is 0 Å². The van der Waals surface area contributed by atoms with E-state index in [1.54, 1.807) is 0 Å². The van der Waals surface area contributed by atoms with Gasteiger partial charge in [0.25, 0.3) is 0 Å². The van der Waals surface area contributed by atoms with E-state index in [4.69, 9.17) is 69.6 Å². The Balaban J connectivity index is 3.49. The molecule has 0 aromatic heterocycles. The molecule has 4 nitrogen and oxygen atoms in total. The molecule has 26 heavy (non-hydrogen) atoms. The zero-order chi connectivity index (χ0) is 20.1. The third-order valence-corrected chi connectivity index (χ3v) is 4.54. The Kier molecular flexibility index (Phi) is 15.0. The number of carbonyl (C=O) groups excluding carboxylic acids is 2. The van der Waals surface area contributed by atoms with Gasteiger partial charge in [-0.1, -0.05) is 95.3 Å². The quantitative estimate of drug-likeness (QED) is 0.123. The average Bonchev–Trinajstić information content (AvgIpc) is 2.50. The summed E-state index contributed by atoms with van der Waals surface area (Å²) < 4.78 is -2.45. The van der Waals surface area contributed by atoms with Crippen molar-refractivity contribution >= 4 is 81.5 Å². The molecule has 0 saturated carbocycles. The molecule has 0 saturated heterocycles. The monoisotopic (exact) mass is 490 g/mol. The molecule has 0 bridgehead atoms. The van der Waals surface area contributed by atoms with Crippen LogP contribution in [0.25, 0.3) is 0 Å². The maximum absolute atomic E-state index is 11.4. The number of unbranched alkanes of at least 4 members (excludes halogenated alkanes) is 6. The summed E-state index contributed by atoms with van der Waals surface area (Å²) in [7, 11) is 0. The van der Waals surface area contributed by atoms with Crippen LogP contribution in [0.4, 0.5) is 0 Å². The van der Waals surface area contributed by atoms with E-state index in [9.17, 15) is 9.59 Å². The van der Waals surface area contributed by atoms with Crippen LogP contribution >= 0.6 is 69.6 Å². The first-order chi connectivity index (χ1) is 12.0. The van der Waals surface area contributed by atoms with E-state index >= 15 is 0 Å². The minimum Gasteiger partial charge on any atom is -0.247 e. The van der Waals surface area contributed by atoms with Crippen molar-refractivity contribution in [3.05, 3.63) is 0 Å². The molecule has 0 radical (unpaired) electrons. The van der Waals surface area contributed by atoms with Gasteiger partial charge in [0, 0.05) is 0 Å². The van der Waals surface area contributed by atoms with Crippen molar-refractivity contribution in [1.82, 2.24) is 0 Å². The van der Waals surface area contributed by atoms with Crippen LogP contribution in [-0.4, -0.2) is 19.5 Å². The Morgan fingerprint density at radius 3 is 1.15 bits per heavy atom. The fraction of sp³-hybridized carbons (Fsp3) is 0.875. The van der Waals surface area contributed by atoms with Gasteiger partial charge >= 0.3 is 11.9 Å². The molecule has 154 valence electrons. The molecule has 0 aliphatic carbocycles. The summed E-state index contributed by atoms with van der Waals surface area (Å²) in [6.45, 7) is 0. The SMILES string of the molecule is O=C(CCCCCCC(Cl)(Cl)Cl)OOC(=O)CCCCCCC(Cl)(Cl)Cl. The van der Waals surface area contributed by atoms with Gasteiger partial charge in [-0.3, -0.25) is 0 Å². The van der Waals surface area contributed by atoms with E-state index in [1.165, 1.54) is 0 Å². The van der Waals surface area contributed by atoms with Crippen molar-refractivity contribution < 1.29 is 19.4 Å². The Morgan fingerprint density at radius 1 is 0.538 bits per heavy atom. The van der Waals surface area contributed by atoms with E-state index in [2.05, 4.69) is 9.78 Å². The van der Waals surface area contributed by atoms with Gasteiger partial charge in [0.2, 0.25) is 0 Å². The molecule has 0 unspecified atom stereocenters. The third kappa shape index (κ3) is 21.0. The maximum atomic E-state index is 11.4. The summed E-state index contributed by atoms with van der Waals surface area (Å²) in [5.41, 5.74) is 0. The summed E-state index contributed by atoms with van der Waals surface area (Å²) in [6, 6.07) is 0. The second-order valence-electron chi connectivity index (χ2n) is 5.97. The third-order valence-electron chi connectivity index (χ3n) is 3.41. The van der Waals surface area contributed by atoms with Gasteiger partial charge in [-0.05, 0) is 38.5 Å². The molecule has 0 aromatic carbocycles. The highest BCUT2D eigenvalue weighted by Crippen LogP contribution is 2.32. The predicted molar refractivity (Wildman–Crippen MR) is 108 cm³/mol. The number of hydrogen-bond acceptors (Lipinski definition) is 4. The summed E-state index contributed by atoms with van der Waals surface area (Å²) in [4.78, 5) is 31.9. The largest absolute Gasteiger partial charge is 0.355 e. The van der Waals surface area contributed by atoms with E-state index in [0.717, 1.165) is 38.5 Å². The molecule has 0 aliphatic heterocycles. The molecule has 0 N–H and O–H groups in total. The van der Waals surface area contributed by atoms with Crippen LogP contribution in [0.1, 0.15) is 77.0 Å². The van der Waals surface area contributed by atoms with Gasteiger partial charge in [0.15, 0.2) is 7.59 Å². The van der Waals surface area contributed by atoms with E-state index < -0.39 is 19.5 Å². The normalized spacial score (nSPS) is 12.1. The summed E-state index contributed by atoms with van der Waals surface area (Å²) >= 11 is 33.8. The zero-order valence-electron chi connectivity index (χ0n) is 14.4. The summed E-state index contributed by atoms with van der Waals surface area (Å²) in [5.74, 6) is -1.13. The lowest BCUT2D eigenvalue weighted by molar-refractivity contribution is -0.259. The van der Waals surface area contributed by atoms with Crippen molar-refractivity contribution in [2.45, 2.75) is 84.6 Å². The predicted octanol–water partition coefficient (Wildman–Crippen LogP) is 7.41. The Morgan fingerprint density at radius 2 is 0.846 bits per heavy atom. The molecular formula is C16H24Cl6O4. The smallest absolute Gasteiger partial charge is 0.247 e. The molecule has 0 aromatic rings. The highest BCUT2D eigenvalue weighted by atomic mass is 35.6. The van der Waals surface area contributed by atoms with Crippen LogP contribution < -0.4 is 0 Å². The first kappa shape index (κ1) is 26.7. The fourth-order valence-electron chi connectivity index (χ4n) is 2.07. The van der Waals surface area contributed by atoms with Gasteiger partial charge in [-0.15, -0.1) is 0 Å². The highest BCUT2D eigenvalue weighted by molar-refractivity contribution is 6.67. The van der Waals surface area contributed by atoms with Gasteiger partial charge in [0.05, 0.1) is 12.8 Å². The molecule has 0 atom stereocenters. The fourth-order valence-corrected chi connectivity index (χ4v) is 2.87. The molecule has 0 fully saturated rings. The molecule has 0 spiro atoms. The van der Waals surface area contributed by atoms with Crippen LogP contribution in [0.15, 0.2) is 0 Å². The molecule has 0 aliphatic rings. The molecule has 0 heterocycles. The highest BCUT2D eigenvalue weighted by Gasteiger charge is 2.19. The lowest BCUT2D eigenvalue weighted by Crippen LogP contribution is -2.11. The molecular weight excluding hydrogens is 469 g/mol. The average molecular weight is 493 g/mol. The van der Waals surface area contributed by atoms with E-state index in [0.29, 0.717) is 25.7 Å². The van der Waals surface area contributed by atoms with E-state index in [1.807, 2.05) is 0 Å². The summed E-state index contributed by atoms with van der Waals surface area (Å²) in [5, 5.41) is 0. The first-order valence-corrected chi connectivity index (χ1v) is 10.8. The van der Waals surface area contributed by atoms with E-state index in [-0.39, 0.29) is 12.8 Å². The minimum absolute atomic E-state index is 0.179. The minimum atomic E-state index is -1.23. The lowest BCUT2D eigenvalue weighted by Gasteiger charge is -2.09. The Labute approximate surface area is 185 Å². The molecule has 10 heteroatoms. The number of hydrogen-bond donors (Lipinski definition) is 0. The number of carbonyl (C=O) groups is 2. The number of rotatable bonds is 12. The van der Waals surface area contributed by atoms with Crippen molar-refractivity contribution in [1.29, 1.82) is 0 Å². The standard InChI is InChI=1S/C16H24Cl6O4/c17-15(18,19)11-7-3-1-5-9-13(23)25-26-14(24)10-6-2-4-8-12-16(20,21)22/h1-12H2. The van der Waals surface area contributed by atoms with Gasteiger partial charge in [-0.2, -0.15) is 0 Å². The summed E-state index contributed by atoms with van der Waals surface area (Å²) in [6.07, 6.45) is 7.39. The van der Waals surface area contributed by atoms with Gasteiger partial charge in [-0.25, -0.2) is 19.4 Å². The van der Waals surface area contributed by atoms with Crippen LogP contribution in [0.3, 0.4) is 0 Å². The second-order valence-corrected chi connectivity index (χ2v) is 11.0. The maximum Gasteiger partial charge on any atom is 0.355 e. The van der Waals surface area contributed by atoms with Crippen molar-refractivity contribution in [2.24, 2.45) is 0 Å². The van der Waals surface area contributed by atoms with Crippen LogP contribution in [0.2, 0.25) is 0 Å². The topological polar surface area (TPSA) is 52.6 Å². The first-order valence-electron chi connectivity index (χ1n) is 8.53. The van der Waals surface area contributed by atoms with Crippen LogP contribution in [-0.2, 0) is 19.4 Å².